The Morgan fingerprint density at radius 3 is 1.79 bits per heavy atom. The number of aryl methyl sites for hydroxylation is 3. The van der Waals surface area contributed by atoms with E-state index in [-0.39, 0.29) is 0 Å². The van der Waals surface area contributed by atoms with Crippen LogP contribution in [0.5, 0.6) is 0 Å². The van der Waals surface area contributed by atoms with Crippen molar-refractivity contribution in [3.63, 3.8) is 0 Å². The Labute approximate surface area is 143 Å². The van der Waals surface area contributed by atoms with Gasteiger partial charge in [0.15, 0.2) is 0 Å². The van der Waals surface area contributed by atoms with Crippen molar-refractivity contribution >= 4 is 10.9 Å². The molecule has 0 amide bonds. The normalized spacial score (nSPS) is 11.1. The van der Waals surface area contributed by atoms with Gasteiger partial charge in [0.1, 0.15) is 0 Å². The smallest absolute Gasteiger partial charge is 0.0568 e. The highest BCUT2D eigenvalue weighted by atomic mass is 14.9. The third kappa shape index (κ3) is 2.33. The fraction of sp³-hybridized carbons (Fsp3) is 0.130. The van der Waals surface area contributed by atoms with Gasteiger partial charge in [-0.2, -0.15) is 0 Å². The molecule has 0 saturated carbocycles. The zero-order valence-electron chi connectivity index (χ0n) is 14.4. The molecule has 1 aromatic heterocycles. The van der Waals surface area contributed by atoms with Crippen LogP contribution < -0.4 is 0 Å². The van der Waals surface area contributed by atoms with Crippen LogP contribution in [-0.4, -0.2) is 4.57 Å². The van der Waals surface area contributed by atoms with E-state index in [9.17, 15) is 0 Å². The maximum Gasteiger partial charge on any atom is 0.0568 e. The molecule has 4 aromatic rings. The third-order valence-electron chi connectivity index (χ3n) is 4.77. The molecule has 1 nitrogen and oxygen atoms in total. The van der Waals surface area contributed by atoms with Crippen molar-refractivity contribution in [2.24, 2.45) is 7.05 Å². The van der Waals surface area contributed by atoms with Crippen LogP contribution in [-0.2, 0) is 7.05 Å². The Morgan fingerprint density at radius 2 is 1.17 bits per heavy atom. The zero-order valence-corrected chi connectivity index (χ0v) is 14.4. The summed E-state index contributed by atoms with van der Waals surface area (Å²) in [5.41, 5.74) is 8.97. The summed E-state index contributed by atoms with van der Waals surface area (Å²) in [4.78, 5) is 0. The number of para-hydroxylation sites is 1. The van der Waals surface area contributed by atoms with E-state index < -0.39 is 0 Å². The van der Waals surface area contributed by atoms with Crippen LogP contribution in [0.15, 0.2) is 72.8 Å². The predicted molar refractivity (Wildman–Crippen MR) is 103 cm³/mol. The minimum absolute atomic E-state index is 1.26. The lowest BCUT2D eigenvalue weighted by molar-refractivity contribution is 0.979. The first-order valence-electron chi connectivity index (χ1n) is 8.36. The van der Waals surface area contributed by atoms with E-state index in [0.29, 0.717) is 0 Å². The zero-order chi connectivity index (χ0) is 16.7. The molecule has 118 valence electrons. The van der Waals surface area contributed by atoms with Crippen LogP contribution >= 0.6 is 0 Å². The summed E-state index contributed by atoms with van der Waals surface area (Å²) in [5, 5.41) is 1.31. The van der Waals surface area contributed by atoms with Crippen molar-refractivity contribution in [2.45, 2.75) is 13.8 Å². The van der Waals surface area contributed by atoms with Crippen molar-refractivity contribution < 1.29 is 0 Å². The Hall–Kier alpha value is -2.80. The summed E-state index contributed by atoms with van der Waals surface area (Å²) in [6, 6.07) is 26.3. The van der Waals surface area contributed by atoms with Crippen LogP contribution in [0, 0.1) is 13.8 Å². The Balaban J connectivity index is 2.08. The van der Waals surface area contributed by atoms with Crippen molar-refractivity contribution in [1.82, 2.24) is 4.57 Å². The molecule has 0 bridgehead atoms. The topological polar surface area (TPSA) is 4.93 Å². The molecule has 24 heavy (non-hydrogen) atoms. The highest BCUT2D eigenvalue weighted by Gasteiger charge is 2.17. The summed E-state index contributed by atoms with van der Waals surface area (Å²) in [6.07, 6.45) is 0. The van der Waals surface area contributed by atoms with E-state index in [0.717, 1.165) is 0 Å². The number of nitrogens with zero attached hydrogens (tertiary/aromatic N) is 1. The van der Waals surface area contributed by atoms with E-state index >= 15 is 0 Å². The van der Waals surface area contributed by atoms with Crippen LogP contribution in [0.3, 0.4) is 0 Å². The molecule has 0 aliphatic rings. The molecule has 0 radical (unpaired) electrons. The van der Waals surface area contributed by atoms with Crippen LogP contribution in [0.2, 0.25) is 0 Å². The second-order valence-corrected chi connectivity index (χ2v) is 6.53. The van der Waals surface area contributed by atoms with Gasteiger partial charge >= 0.3 is 0 Å². The molecular weight excluding hydrogens is 290 g/mol. The highest BCUT2D eigenvalue weighted by Crippen LogP contribution is 2.40. The van der Waals surface area contributed by atoms with Crippen molar-refractivity contribution in [1.29, 1.82) is 0 Å². The average molecular weight is 311 g/mol. The van der Waals surface area contributed by atoms with Crippen LogP contribution in [0.4, 0.5) is 0 Å². The summed E-state index contributed by atoms with van der Waals surface area (Å²) in [6.45, 7) is 4.26. The molecule has 0 N–H and O–H groups in total. The Kier molecular flexibility index (Phi) is 3.50. The molecule has 1 heteroatoms. The largest absolute Gasteiger partial charge is 0.343 e. The molecule has 0 unspecified atom stereocenters. The molecule has 0 aliphatic heterocycles. The summed E-state index contributed by atoms with van der Waals surface area (Å²) < 4.78 is 2.31. The van der Waals surface area contributed by atoms with Gasteiger partial charge in [0.05, 0.1) is 5.69 Å². The fourth-order valence-electron chi connectivity index (χ4n) is 3.46. The Bertz CT molecular complexity index is 1000. The van der Waals surface area contributed by atoms with E-state index in [1.54, 1.807) is 0 Å². The van der Waals surface area contributed by atoms with Crippen molar-refractivity contribution in [2.75, 3.05) is 0 Å². The van der Waals surface area contributed by atoms with E-state index in [1.807, 2.05) is 0 Å². The van der Waals surface area contributed by atoms with Gasteiger partial charge in [-0.1, -0.05) is 77.9 Å². The number of benzene rings is 3. The minimum Gasteiger partial charge on any atom is -0.343 e. The maximum absolute atomic E-state index is 2.31. The predicted octanol–water partition coefficient (Wildman–Crippen LogP) is 6.13. The van der Waals surface area contributed by atoms with Gasteiger partial charge in [0.2, 0.25) is 0 Å². The first-order chi connectivity index (χ1) is 11.6. The van der Waals surface area contributed by atoms with Crippen LogP contribution in [0.1, 0.15) is 11.1 Å². The molecule has 1 heterocycles. The lowest BCUT2D eigenvalue weighted by atomic mass is 9.97. The fourth-order valence-corrected chi connectivity index (χ4v) is 3.46. The first-order valence-corrected chi connectivity index (χ1v) is 8.36. The van der Waals surface area contributed by atoms with Gasteiger partial charge in [0.25, 0.3) is 0 Å². The molecule has 4 rings (SSSR count). The number of fused-ring (bicyclic) bond motifs is 1. The molecular formula is C23H21N. The standard InChI is InChI=1S/C23H21N/c1-16-8-12-18(13-9-16)22-20-6-4-5-7-21(20)24(3)23(22)19-14-10-17(2)11-15-19/h4-15H,1-3H3. The molecule has 0 spiro atoms. The van der Waals surface area contributed by atoms with Gasteiger partial charge in [-0.05, 0) is 31.0 Å². The minimum atomic E-state index is 1.26. The number of aromatic nitrogens is 1. The molecule has 0 atom stereocenters. The quantitative estimate of drug-likeness (QED) is 0.419. The molecule has 0 saturated heterocycles. The van der Waals surface area contributed by atoms with E-state index in [2.05, 4.69) is 98.3 Å². The van der Waals surface area contributed by atoms with E-state index in [4.69, 9.17) is 0 Å². The monoisotopic (exact) mass is 311 g/mol. The lowest BCUT2D eigenvalue weighted by Gasteiger charge is -2.10. The lowest BCUT2D eigenvalue weighted by Crippen LogP contribution is -1.92. The van der Waals surface area contributed by atoms with Gasteiger partial charge < -0.3 is 4.57 Å². The summed E-state index contributed by atoms with van der Waals surface area (Å²) in [7, 11) is 2.16. The third-order valence-corrected chi connectivity index (χ3v) is 4.77. The molecule has 0 fully saturated rings. The second kappa shape index (κ2) is 5.68. The maximum atomic E-state index is 2.31. The second-order valence-electron chi connectivity index (χ2n) is 6.53. The van der Waals surface area contributed by atoms with Crippen molar-refractivity contribution in [3.05, 3.63) is 83.9 Å². The number of hydrogen-bond acceptors (Lipinski definition) is 0. The van der Waals surface area contributed by atoms with E-state index in [1.165, 1.54) is 44.4 Å². The van der Waals surface area contributed by atoms with Crippen LogP contribution in [0.25, 0.3) is 33.3 Å². The van der Waals surface area contributed by atoms with Crippen molar-refractivity contribution in [3.8, 4) is 22.4 Å². The SMILES string of the molecule is Cc1ccc(-c2c(-c3ccc(C)cc3)n(C)c3ccccc23)cc1. The Morgan fingerprint density at radius 1 is 0.625 bits per heavy atom. The number of rotatable bonds is 2. The van der Waals surface area contributed by atoms with Gasteiger partial charge in [-0.25, -0.2) is 0 Å². The van der Waals surface area contributed by atoms with Gasteiger partial charge in [-0.3, -0.25) is 0 Å². The average Bonchev–Trinajstić information content (AvgIpc) is 2.90. The molecule has 0 aliphatic carbocycles. The summed E-state index contributed by atoms with van der Waals surface area (Å²) in [5.74, 6) is 0. The van der Waals surface area contributed by atoms with Gasteiger partial charge in [-0.15, -0.1) is 0 Å². The first kappa shape index (κ1) is 14.8. The molecule has 3 aromatic carbocycles. The highest BCUT2D eigenvalue weighted by molar-refractivity contribution is 6.04. The number of hydrogen-bond donors (Lipinski definition) is 0. The summed E-state index contributed by atoms with van der Waals surface area (Å²) >= 11 is 0. The van der Waals surface area contributed by atoms with Gasteiger partial charge in [0, 0.05) is 23.5 Å².